The Morgan fingerprint density at radius 3 is 2.79 bits per heavy atom. The van der Waals surface area contributed by atoms with Gasteiger partial charge in [-0.3, -0.25) is 14.5 Å². The average Bonchev–Trinajstić information content (AvgIpc) is 3.21. The Morgan fingerprint density at radius 2 is 2.00 bits per heavy atom. The lowest BCUT2D eigenvalue weighted by Crippen LogP contribution is -2.38. The second kappa shape index (κ2) is 7.56. The lowest BCUT2D eigenvalue weighted by Gasteiger charge is -2.13. The van der Waals surface area contributed by atoms with Gasteiger partial charge in [-0.25, -0.2) is 9.18 Å². The van der Waals surface area contributed by atoms with Crippen molar-refractivity contribution in [2.75, 3.05) is 11.9 Å². The number of benzene rings is 2. The molecule has 0 bridgehead atoms. The van der Waals surface area contributed by atoms with Gasteiger partial charge in [0.25, 0.3) is 5.91 Å². The van der Waals surface area contributed by atoms with Crippen LogP contribution in [0, 0.1) is 5.82 Å². The Bertz CT molecular complexity index is 1130. The van der Waals surface area contributed by atoms with Gasteiger partial charge in [-0.15, -0.1) is 0 Å². The number of rotatable bonds is 5. The van der Waals surface area contributed by atoms with Gasteiger partial charge in [0, 0.05) is 23.5 Å². The molecule has 1 aliphatic heterocycles. The number of para-hydroxylation sites is 1. The van der Waals surface area contributed by atoms with Crippen molar-refractivity contribution in [2.24, 2.45) is 0 Å². The number of aromatic amines is 1. The van der Waals surface area contributed by atoms with E-state index in [9.17, 15) is 18.8 Å². The second-order valence-electron chi connectivity index (χ2n) is 6.66. The molecule has 9 heteroatoms. The van der Waals surface area contributed by atoms with Gasteiger partial charge in [-0.1, -0.05) is 29.8 Å². The maximum Gasteiger partial charge on any atom is 0.325 e. The fourth-order valence-corrected chi connectivity index (χ4v) is 3.52. The zero-order chi connectivity index (χ0) is 20.5. The molecule has 0 radical (unpaired) electrons. The summed E-state index contributed by atoms with van der Waals surface area (Å²) < 4.78 is 13.1. The first kappa shape index (κ1) is 18.9. The molecule has 1 aromatic heterocycles. The number of nitrogens with one attached hydrogen (secondary N) is 3. The Kier molecular flexibility index (Phi) is 4.94. The van der Waals surface area contributed by atoms with Crippen molar-refractivity contribution in [1.82, 2.24) is 15.2 Å². The summed E-state index contributed by atoms with van der Waals surface area (Å²) in [5, 5.41) is 6.08. The van der Waals surface area contributed by atoms with Crippen LogP contribution in [-0.2, 0) is 16.0 Å². The lowest BCUT2D eigenvalue weighted by atomic mass is 10.1. The summed E-state index contributed by atoms with van der Waals surface area (Å²) in [5.41, 5.74) is 2.02. The van der Waals surface area contributed by atoms with E-state index in [0.29, 0.717) is 6.42 Å². The number of hydrogen-bond donors (Lipinski definition) is 3. The van der Waals surface area contributed by atoms with Crippen LogP contribution in [-0.4, -0.2) is 40.3 Å². The van der Waals surface area contributed by atoms with Crippen LogP contribution < -0.4 is 10.6 Å². The van der Waals surface area contributed by atoms with Crippen LogP contribution in [0.25, 0.3) is 10.9 Å². The number of imide groups is 1. The SMILES string of the molecule is O=C(CN1C(=O)NC(Cc2c[nH]c3ccccc23)C1=O)Nc1ccc(F)cc1Cl. The highest BCUT2D eigenvalue weighted by Crippen LogP contribution is 2.23. The van der Waals surface area contributed by atoms with Crippen LogP contribution in [0.5, 0.6) is 0 Å². The Balaban J connectivity index is 1.43. The van der Waals surface area contributed by atoms with Gasteiger partial charge in [0.05, 0.1) is 10.7 Å². The quantitative estimate of drug-likeness (QED) is 0.560. The molecule has 7 nitrogen and oxygen atoms in total. The van der Waals surface area contributed by atoms with Gasteiger partial charge < -0.3 is 15.6 Å². The molecule has 2 aromatic carbocycles. The number of urea groups is 1. The van der Waals surface area contributed by atoms with Crippen LogP contribution in [0.3, 0.4) is 0 Å². The van der Waals surface area contributed by atoms with E-state index >= 15 is 0 Å². The van der Waals surface area contributed by atoms with Crippen molar-refractivity contribution in [3.63, 3.8) is 0 Å². The maximum atomic E-state index is 13.1. The van der Waals surface area contributed by atoms with Crippen molar-refractivity contribution in [3.8, 4) is 0 Å². The molecular weight excluding hydrogens is 399 g/mol. The number of amides is 4. The number of anilines is 1. The van der Waals surface area contributed by atoms with Gasteiger partial charge in [0.1, 0.15) is 18.4 Å². The van der Waals surface area contributed by atoms with Crippen molar-refractivity contribution in [1.29, 1.82) is 0 Å². The zero-order valence-electron chi connectivity index (χ0n) is 15.0. The third-order valence-corrected chi connectivity index (χ3v) is 5.03. The van der Waals surface area contributed by atoms with Gasteiger partial charge in [-0.05, 0) is 29.8 Å². The number of fused-ring (bicyclic) bond motifs is 1. The largest absolute Gasteiger partial charge is 0.361 e. The first-order valence-electron chi connectivity index (χ1n) is 8.84. The maximum absolute atomic E-state index is 13.1. The Labute approximate surface area is 169 Å². The van der Waals surface area contributed by atoms with Crippen LogP contribution in [0.1, 0.15) is 5.56 Å². The van der Waals surface area contributed by atoms with Gasteiger partial charge in [0.2, 0.25) is 5.91 Å². The van der Waals surface area contributed by atoms with E-state index in [1.807, 2.05) is 24.3 Å². The summed E-state index contributed by atoms with van der Waals surface area (Å²) in [7, 11) is 0. The van der Waals surface area contributed by atoms with Crippen LogP contribution in [0.15, 0.2) is 48.7 Å². The fourth-order valence-electron chi connectivity index (χ4n) is 3.31. The fraction of sp³-hybridized carbons (Fsp3) is 0.150. The van der Waals surface area contributed by atoms with E-state index in [1.165, 1.54) is 6.07 Å². The van der Waals surface area contributed by atoms with Crippen molar-refractivity contribution < 1.29 is 18.8 Å². The standard InChI is InChI=1S/C20H16ClFN4O3/c21-14-8-12(22)5-6-16(14)24-18(27)10-26-19(28)17(25-20(26)29)7-11-9-23-15-4-2-1-3-13(11)15/h1-6,8-9,17,23H,7,10H2,(H,24,27)(H,25,29). The predicted molar refractivity (Wildman–Crippen MR) is 106 cm³/mol. The molecule has 4 amide bonds. The van der Waals surface area contributed by atoms with Crippen molar-refractivity contribution in [2.45, 2.75) is 12.5 Å². The molecule has 1 saturated heterocycles. The normalized spacial score (nSPS) is 16.3. The van der Waals surface area contributed by atoms with Crippen LogP contribution in [0.2, 0.25) is 5.02 Å². The lowest BCUT2D eigenvalue weighted by molar-refractivity contribution is -0.130. The van der Waals surface area contributed by atoms with Crippen molar-refractivity contribution >= 4 is 46.0 Å². The summed E-state index contributed by atoms with van der Waals surface area (Å²) in [4.78, 5) is 41.1. The minimum Gasteiger partial charge on any atom is -0.361 e. The summed E-state index contributed by atoms with van der Waals surface area (Å²) >= 11 is 5.88. The second-order valence-corrected chi connectivity index (χ2v) is 7.07. The first-order valence-corrected chi connectivity index (χ1v) is 9.22. The van der Waals surface area contributed by atoms with E-state index in [1.54, 1.807) is 6.20 Å². The number of hydrogen-bond acceptors (Lipinski definition) is 3. The number of carbonyl (C=O) groups is 3. The Hall–Kier alpha value is -3.39. The molecule has 4 rings (SSSR count). The molecule has 3 aromatic rings. The van der Waals surface area contributed by atoms with E-state index in [-0.39, 0.29) is 10.7 Å². The molecule has 29 heavy (non-hydrogen) atoms. The van der Waals surface area contributed by atoms with Gasteiger partial charge >= 0.3 is 6.03 Å². The highest BCUT2D eigenvalue weighted by molar-refractivity contribution is 6.33. The number of aromatic nitrogens is 1. The molecule has 1 atom stereocenters. The summed E-state index contributed by atoms with van der Waals surface area (Å²) in [6.45, 7) is -0.469. The van der Waals surface area contributed by atoms with Gasteiger partial charge in [0.15, 0.2) is 0 Å². The molecule has 1 aliphatic rings. The van der Waals surface area contributed by atoms with E-state index in [0.717, 1.165) is 33.5 Å². The third kappa shape index (κ3) is 3.79. The average molecular weight is 415 g/mol. The monoisotopic (exact) mass is 414 g/mol. The number of halogens is 2. The highest BCUT2D eigenvalue weighted by atomic mass is 35.5. The van der Waals surface area contributed by atoms with E-state index in [2.05, 4.69) is 15.6 Å². The summed E-state index contributed by atoms with van der Waals surface area (Å²) in [5.74, 6) is -1.64. The number of nitrogens with zero attached hydrogens (tertiary/aromatic N) is 1. The first-order chi connectivity index (χ1) is 13.9. The number of carbonyl (C=O) groups excluding carboxylic acids is 3. The molecule has 1 fully saturated rings. The van der Waals surface area contributed by atoms with Gasteiger partial charge in [-0.2, -0.15) is 0 Å². The Morgan fingerprint density at radius 1 is 1.21 bits per heavy atom. The summed E-state index contributed by atoms with van der Waals surface area (Å²) in [6.07, 6.45) is 2.10. The molecule has 148 valence electrons. The minimum absolute atomic E-state index is 0.0211. The summed E-state index contributed by atoms with van der Waals surface area (Å²) in [6, 6.07) is 9.76. The minimum atomic E-state index is -0.760. The predicted octanol–water partition coefficient (Wildman–Crippen LogP) is 3.06. The molecule has 2 heterocycles. The third-order valence-electron chi connectivity index (χ3n) is 4.71. The van der Waals surface area contributed by atoms with Crippen molar-refractivity contribution in [3.05, 3.63) is 65.1 Å². The van der Waals surface area contributed by atoms with E-state index in [4.69, 9.17) is 11.6 Å². The number of H-pyrrole nitrogens is 1. The smallest absolute Gasteiger partial charge is 0.325 e. The molecule has 1 unspecified atom stereocenters. The van der Waals surface area contributed by atoms with Crippen LogP contribution in [0.4, 0.5) is 14.9 Å². The highest BCUT2D eigenvalue weighted by Gasteiger charge is 2.39. The molecule has 0 saturated carbocycles. The molecule has 3 N–H and O–H groups in total. The molecular formula is C20H16ClFN4O3. The topological polar surface area (TPSA) is 94.3 Å². The van der Waals surface area contributed by atoms with E-state index < -0.39 is 36.2 Å². The molecule has 0 spiro atoms. The molecule has 0 aliphatic carbocycles. The zero-order valence-corrected chi connectivity index (χ0v) is 15.8. The van der Waals surface area contributed by atoms with Crippen LogP contribution >= 0.6 is 11.6 Å².